The molecule has 1 aliphatic rings. The predicted octanol–water partition coefficient (Wildman–Crippen LogP) is 5.43. The lowest BCUT2D eigenvalue weighted by Crippen LogP contribution is -2.36. The average Bonchev–Trinajstić information content (AvgIpc) is 3.19. The maximum atomic E-state index is 13.5. The summed E-state index contributed by atoms with van der Waals surface area (Å²) in [6.07, 6.45) is 3.47. The molecule has 1 fully saturated rings. The highest BCUT2D eigenvalue weighted by Gasteiger charge is 2.27. The van der Waals surface area contributed by atoms with Gasteiger partial charge in [0.05, 0.1) is 18.1 Å². The van der Waals surface area contributed by atoms with Crippen molar-refractivity contribution in [3.05, 3.63) is 71.3 Å². The van der Waals surface area contributed by atoms with Gasteiger partial charge in [0, 0.05) is 18.0 Å². The standard InChI is InChI=1S/C27H27N3O3S/c1-19-24(27(32)30-16-6-3-7-17-30)26(34-25(19)21-8-4-2-5-9-21)29-23(31)18-33-22-12-10-20(11-13-22)14-15-28/h2,4-5,8-13H,3,6-7,14,16-18H2,1H3,(H,29,31). The lowest BCUT2D eigenvalue weighted by Gasteiger charge is -2.27. The fourth-order valence-corrected chi connectivity index (χ4v) is 5.31. The third kappa shape index (κ3) is 5.46. The molecule has 3 aromatic rings. The van der Waals surface area contributed by atoms with Crippen molar-refractivity contribution in [2.45, 2.75) is 32.6 Å². The van der Waals surface area contributed by atoms with Crippen molar-refractivity contribution in [3.63, 3.8) is 0 Å². The molecular weight excluding hydrogens is 446 g/mol. The van der Waals surface area contributed by atoms with Crippen LogP contribution in [0, 0.1) is 18.3 Å². The van der Waals surface area contributed by atoms with Crippen LogP contribution < -0.4 is 10.1 Å². The number of rotatable bonds is 7. The van der Waals surface area contributed by atoms with E-state index in [9.17, 15) is 9.59 Å². The van der Waals surface area contributed by atoms with Gasteiger partial charge in [-0.15, -0.1) is 11.3 Å². The summed E-state index contributed by atoms with van der Waals surface area (Å²) in [5.74, 6) is 0.198. The first-order chi connectivity index (χ1) is 16.6. The number of carbonyl (C=O) groups excluding carboxylic acids is 2. The first-order valence-electron chi connectivity index (χ1n) is 11.4. The van der Waals surface area contributed by atoms with Gasteiger partial charge >= 0.3 is 0 Å². The number of nitrogens with one attached hydrogen (secondary N) is 1. The Kier molecular flexibility index (Phi) is 7.61. The van der Waals surface area contributed by atoms with Crippen molar-refractivity contribution in [3.8, 4) is 22.3 Å². The molecule has 7 heteroatoms. The molecule has 0 atom stereocenters. The van der Waals surface area contributed by atoms with Crippen LogP contribution in [0.5, 0.6) is 5.75 Å². The molecule has 6 nitrogen and oxygen atoms in total. The van der Waals surface area contributed by atoms with Gasteiger partial charge in [-0.1, -0.05) is 42.5 Å². The molecular formula is C27H27N3O3S. The fraction of sp³-hybridized carbons (Fsp3) is 0.296. The van der Waals surface area contributed by atoms with Crippen LogP contribution in [0.15, 0.2) is 54.6 Å². The smallest absolute Gasteiger partial charge is 0.262 e. The van der Waals surface area contributed by atoms with Gasteiger partial charge in [-0.25, -0.2) is 0 Å². The first-order valence-corrected chi connectivity index (χ1v) is 12.2. The number of likely N-dealkylation sites (tertiary alicyclic amines) is 1. The molecule has 2 amide bonds. The highest BCUT2D eigenvalue weighted by molar-refractivity contribution is 7.20. The van der Waals surface area contributed by atoms with Crippen LogP contribution in [0.3, 0.4) is 0 Å². The van der Waals surface area contributed by atoms with Gasteiger partial charge < -0.3 is 15.0 Å². The van der Waals surface area contributed by atoms with E-state index >= 15 is 0 Å². The zero-order valence-corrected chi connectivity index (χ0v) is 20.0. The monoisotopic (exact) mass is 473 g/mol. The summed E-state index contributed by atoms with van der Waals surface area (Å²) >= 11 is 1.42. The molecule has 2 aromatic carbocycles. The van der Waals surface area contributed by atoms with Crippen molar-refractivity contribution in [2.75, 3.05) is 25.0 Å². The van der Waals surface area contributed by atoms with E-state index in [1.165, 1.54) is 11.3 Å². The summed E-state index contributed by atoms with van der Waals surface area (Å²) < 4.78 is 5.63. The maximum Gasteiger partial charge on any atom is 0.262 e. The molecule has 0 aliphatic carbocycles. The number of hydrogen-bond donors (Lipinski definition) is 1. The van der Waals surface area contributed by atoms with E-state index in [0.29, 0.717) is 22.7 Å². The van der Waals surface area contributed by atoms with Crippen LogP contribution in [0.1, 0.15) is 40.7 Å². The van der Waals surface area contributed by atoms with E-state index in [1.54, 1.807) is 24.3 Å². The van der Waals surface area contributed by atoms with Crippen LogP contribution in [0.2, 0.25) is 0 Å². The van der Waals surface area contributed by atoms with E-state index in [-0.39, 0.29) is 18.4 Å². The first kappa shape index (κ1) is 23.5. The van der Waals surface area contributed by atoms with E-state index < -0.39 is 0 Å². The minimum absolute atomic E-state index is 0.0278. The molecule has 4 rings (SSSR count). The van der Waals surface area contributed by atoms with Gasteiger partial charge in [0.15, 0.2) is 6.61 Å². The van der Waals surface area contributed by atoms with E-state index in [1.807, 2.05) is 42.2 Å². The Bertz CT molecular complexity index is 1190. The van der Waals surface area contributed by atoms with E-state index in [0.717, 1.165) is 53.9 Å². The molecule has 34 heavy (non-hydrogen) atoms. The van der Waals surface area contributed by atoms with Crippen molar-refractivity contribution >= 4 is 28.2 Å². The van der Waals surface area contributed by atoms with Gasteiger partial charge in [-0.05, 0) is 55.0 Å². The molecule has 1 aromatic heterocycles. The number of amides is 2. The SMILES string of the molecule is Cc1c(-c2ccccc2)sc(NC(=O)COc2ccc(CC#N)cc2)c1C(=O)N1CCCCC1. The summed E-state index contributed by atoms with van der Waals surface area (Å²) in [6, 6.07) is 19.1. The predicted molar refractivity (Wildman–Crippen MR) is 134 cm³/mol. The number of ether oxygens (including phenoxy) is 1. The fourth-order valence-electron chi connectivity index (χ4n) is 4.09. The quantitative estimate of drug-likeness (QED) is 0.496. The van der Waals surface area contributed by atoms with Gasteiger partial charge in [-0.2, -0.15) is 5.26 Å². The minimum Gasteiger partial charge on any atom is -0.484 e. The van der Waals surface area contributed by atoms with Gasteiger partial charge in [0.2, 0.25) is 0 Å². The maximum absolute atomic E-state index is 13.5. The number of hydrogen-bond acceptors (Lipinski definition) is 5. The number of anilines is 1. The Morgan fingerprint density at radius 1 is 1.06 bits per heavy atom. The van der Waals surface area contributed by atoms with Crippen molar-refractivity contribution in [2.24, 2.45) is 0 Å². The average molecular weight is 474 g/mol. The topological polar surface area (TPSA) is 82.4 Å². The molecule has 1 saturated heterocycles. The minimum atomic E-state index is -0.324. The summed E-state index contributed by atoms with van der Waals surface area (Å²) in [4.78, 5) is 29.1. The second-order valence-electron chi connectivity index (χ2n) is 8.29. The van der Waals surface area contributed by atoms with Gasteiger partial charge in [0.1, 0.15) is 10.8 Å². The Morgan fingerprint density at radius 3 is 2.44 bits per heavy atom. The molecule has 1 aliphatic heterocycles. The number of nitrogens with zero attached hydrogens (tertiary/aromatic N) is 2. The molecule has 174 valence electrons. The van der Waals surface area contributed by atoms with Crippen molar-refractivity contribution in [1.29, 1.82) is 5.26 Å². The van der Waals surface area contributed by atoms with Crippen LogP contribution in [0.4, 0.5) is 5.00 Å². The molecule has 2 heterocycles. The molecule has 0 saturated carbocycles. The van der Waals surface area contributed by atoms with E-state index in [2.05, 4.69) is 11.4 Å². The second-order valence-corrected chi connectivity index (χ2v) is 9.32. The van der Waals surface area contributed by atoms with Gasteiger partial charge in [0.25, 0.3) is 11.8 Å². The molecule has 1 N–H and O–H groups in total. The Balaban J connectivity index is 1.53. The zero-order chi connectivity index (χ0) is 23.9. The number of thiophene rings is 1. The third-order valence-electron chi connectivity index (χ3n) is 5.87. The van der Waals surface area contributed by atoms with E-state index in [4.69, 9.17) is 10.00 Å². The summed E-state index contributed by atoms with van der Waals surface area (Å²) in [7, 11) is 0. The lowest BCUT2D eigenvalue weighted by atomic mass is 10.0. The third-order valence-corrected chi connectivity index (χ3v) is 7.13. The second kappa shape index (κ2) is 11.0. The van der Waals surface area contributed by atoms with Crippen molar-refractivity contribution in [1.82, 2.24) is 4.90 Å². The Hall–Kier alpha value is -3.63. The number of benzene rings is 2. The number of piperidine rings is 1. The Morgan fingerprint density at radius 2 is 1.76 bits per heavy atom. The largest absolute Gasteiger partial charge is 0.484 e. The summed E-state index contributed by atoms with van der Waals surface area (Å²) in [5.41, 5.74) is 3.37. The van der Waals surface area contributed by atoms with Crippen molar-refractivity contribution < 1.29 is 14.3 Å². The van der Waals surface area contributed by atoms with Crippen LogP contribution in [-0.2, 0) is 11.2 Å². The molecule has 0 spiro atoms. The normalized spacial score (nSPS) is 13.2. The van der Waals surface area contributed by atoms with Crippen LogP contribution >= 0.6 is 11.3 Å². The van der Waals surface area contributed by atoms with Gasteiger partial charge in [-0.3, -0.25) is 9.59 Å². The summed E-state index contributed by atoms with van der Waals surface area (Å²) in [6.45, 7) is 3.26. The highest BCUT2D eigenvalue weighted by Crippen LogP contribution is 2.40. The lowest BCUT2D eigenvalue weighted by molar-refractivity contribution is -0.118. The Labute approximate surface area is 203 Å². The zero-order valence-electron chi connectivity index (χ0n) is 19.2. The summed E-state index contributed by atoms with van der Waals surface area (Å²) in [5, 5.41) is 12.3. The highest BCUT2D eigenvalue weighted by atomic mass is 32.1. The van der Waals surface area contributed by atoms with Crippen LogP contribution in [0.25, 0.3) is 10.4 Å². The number of nitriles is 1. The van der Waals surface area contributed by atoms with Crippen LogP contribution in [-0.4, -0.2) is 36.4 Å². The molecule has 0 bridgehead atoms. The number of carbonyl (C=O) groups is 2. The molecule has 0 radical (unpaired) electrons. The molecule has 0 unspecified atom stereocenters.